The fraction of sp³-hybridized carbons (Fsp3) is 0.529. The van der Waals surface area contributed by atoms with Crippen molar-refractivity contribution in [3.05, 3.63) is 51.1 Å². The molecule has 1 aromatic carbocycles. The molecular formula is C17H22N2O2. The van der Waals surface area contributed by atoms with Gasteiger partial charge in [0.1, 0.15) is 0 Å². The molecule has 0 aromatic heterocycles. The maximum absolute atomic E-state index is 10.7. The first kappa shape index (κ1) is 14.3. The quantitative estimate of drug-likeness (QED) is 0.521. The summed E-state index contributed by atoms with van der Waals surface area (Å²) in [7, 11) is 0. The predicted molar refractivity (Wildman–Crippen MR) is 83.3 cm³/mol. The second-order valence-electron chi connectivity index (χ2n) is 6.05. The van der Waals surface area contributed by atoms with Gasteiger partial charge in [0.25, 0.3) is 5.69 Å². The third-order valence-electron chi connectivity index (χ3n) is 4.74. The molecule has 1 unspecified atom stereocenters. The van der Waals surface area contributed by atoms with Crippen LogP contribution in [0.2, 0.25) is 0 Å². The molecule has 0 radical (unpaired) electrons. The minimum Gasteiger partial charge on any atom is -0.310 e. The maximum Gasteiger partial charge on any atom is 0.269 e. The van der Waals surface area contributed by atoms with Crippen LogP contribution in [0.5, 0.6) is 0 Å². The maximum atomic E-state index is 10.7. The van der Waals surface area contributed by atoms with Gasteiger partial charge in [-0.3, -0.25) is 10.1 Å². The van der Waals surface area contributed by atoms with Crippen molar-refractivity contribution >= 4 is 5.69 Å². The molecule has 3 rings (SSSR count). The van der Waals surface area contributed by atoms with Gasteiger partial charge >= 0.3 is 0 Å². The fourth-order valence-corrected chi connectivity index (χ4v) is 3.59. The molecule has 1 heterocycles. The molecular weight excluding hydrogens is 264 g/mol. The molecule has 1 aliphatic heterocycles. The van der Waals surface area contributed by atoms with Gasteiger partial charge in [-0.1, -0.05) is 23.3 Å². The van der Waals surface area contributed by atoms with Gasteiger partial charge in [0.2, 0.25) is 0 Å². The van der Waals surface area contributed by atoms with Crippen LogP contribution in [-0.4, -0.2) is 17.5 Å². The van der Waals surface area contributed by atoms with Crippen molar-refractivity contribution < 1.29 is 4.92 Å². The predicted octanol–water partition coefficient (Wildman–Crippen LogP) is 3.76. The Hall–Kier alpha value is -1.68. The lowest BCUT2D eigenvalue weighted by molar-refractivity contribution is -0.384. The highest BCUT2D eigenvalue weighted by molar-refractivity contribution is 5.33. The summed E-state index contributed by atoms with van der Waals surface area (Å²) in [5.41, 5.74) is 4.72. The Bertz CT molecular complexity index is 544. The number of nitrogens with zero attached hydrogens (tertiary/aromatic N) is 1. The number of nitro groups is 1. The van der Waals surface area contributed by atoms with Crippen LogP contribution in [0.15, 0.2) is 35.4 Å². The van der Waals surface area contributed by atoms with E-state index in [1.54, 1.807) is 23.3 Å². The average molecular weight is 286 g/mol. The van der Waals surface area contributed by atoms with E-state index in [0.717, 1.165) is 19.4 Å². The van der Waals surface area contributed by atoms with Gasteiger partial charge in [-0.2, -0.15) is 0 Å². The van der Waals surface area contributed by atoms with Gasteiger partial charge < -0.3 is 5.32 Å². The van der Waals surface area contributed by atoms with E-state index in [1.165, 1.54) is 37.7 Å². The Labute approximate surface area is 125 Å². The summed E-state index contributed by atoms with van der Waals surface area (Å²) in [6.07, 6.45) is 8.53. The van der Waals surface area contributed by atoms with E-state index < -0.39 is 0 Å². The average Bonchev–Trinajstić information content (AvgIpc) is 2.53. The molecule has 0 amide bonds. The standard InChI is InChI=1S/C17H22N2O2/c20-19(21)15-8-5-13(6-9-15)7-10-17-16-4-2-1-3-14(16)11-12-18-17/h5-6,8-9,17-18H,1-4,7,10-12H2. The number of hydrogen-bond acceptors (Lipinski definition) is 3. The Morgan fingerprint density at radius 3 is 2.67 bits per heavy atom. The minimum atomic E-state index is -0.342. The lowest BCUT2D eigenvalue weighted by atomic mass is 9.82. The van der Waals surface area contributed by atoms with Crippen molar-refractivity contribution in [1.82, 2.24) is 5.32 Å². The van der Waals surface area contributed by atoms with E-state index in [2.05, 4.69) is 5.32 Å². The zero-order valence-electron chi connectivity index (χ0n) is 12.3. The van der Waals surface area contributed by atoms with E-state index >= 15 is 0 Å². The van der Waals surface area contributed by atoms with Crippen LogP contribution in [0.25, 0.3) is 0 Å². The van der Waals surface area contributed by atoms with Gasteiger partial charge in [0.05, 0.1) is 4.92 Å². The zero-order valence-corrected chi connectivity index (χ0v) is 12.3. The summed E-state index contributed by atoms with van der Waals surface area (Å²) >= 11 is 0. The fourth-order valence-electron chi connectivity index (χ4n) is 3.59. The van der Waals surface area contributed by atoms with Gasteiger partial charge in [0, 0.05) is 18.2 Å². The first-order chi connectivity index (χ1) is 10.2. The molecule has 4 heteroatoms. The first-order valence-electron chi connectivity index (χ1n) is 7.91. The van der Waals surface area contributed by atoms with Gasteiger partial charge in [0.15, 0.2) is 0 Å². The largest absolute Gasteiger partial charge is 0.310 e. The number of aryl methyl sites for hydroxylation is 1. The number of nitrogens with one attached hydrogen (secondary N) is 1. The molecule has 1 aromatic rings. The van der Waals surface area contributed by atoms with Gasteiger partial charge in [-0.15, -0.1) is 0 Å². The molecule has 0 saturated heterocycles. The summed E-state index contributed by atoms with van der Waals surface area (Å²) in [5, 5.41) is 14.3. The third-order valence-corrected chi connectivity index (χ3v) is 4.74. The van der Waals surface area contributed by atoms with Crippen LogP contribution >= 0.6 is 0 Å². The smallest absolute Gasteiger partial charge is 0.269 e. The van der Waals surface area contributed by atoms with Gasteiger partial charge in [-0.05, 0) is 57.1 Å². The van der Waals surface area contributed by atoms with E-state index in [9.17, 15) is 10.1 Å². The molecule has 2 aliphatic rings. The van der Waals surface area contributed by atoms with E-state index in [0.29, 0.717) is 6.04 Å². The molecule has 0 bridgehead atoms. The van der Waals surface area contributed by atoms with Crippen LogP contribution in [-0.2, 0) is 6.42 Å². The number of nitro benzene ring substituents is 1. The van der Waals surface area contributed by atoms with Crippen molar-refractivity contribution in [2.45, 2.75) is 51.0 Å². The van der Waals surface area contributed by atoms with Crippen LogP contribution < -0.4 is 5.32 Å². The second-order valence-corrected chi connectivity index (χ2v) is 6.05. The molecule has 21 heavy (non-hydrogen) atoms. The summed E-state index contributed by atoms with van der Waals surface area (Å²) < 4.78 is 0. The molecule has 1 N–H and O–H groups in total. The zero-order chi connectivity index (χ0) is 14.7. The van der Waals surface area contributed by atoms with Crippen LogP contribution in [0.3, 0.4) is 0 Å². The lowest BCUT2D eigenvalue weighted by Gasteiger charge is -2.33. The summed E-state index contributed by atoms with van der Waals surface area (Å²) in [5.74, 6) is 0. The van der Waals surface area contributed by atoms with Crippen LogP contribution in [0, 0.1) is 10.1 Å². The minimum absolute atomic E-state index is 0.173. The topological polar surface area (TPSA) is 55.2 Å². The number of rotatable bonds is 4. The van der Waals surface area contributed by atoms with Crippen molar-refractivity contribution in [3.8, 4) is 0 Å². The van der Waals surface area contributed by atoms with Crippen molar-refractivity contribution in [2.24, 2.45) is 0 Å². The molecule has 0 spiro atoms. The Morgan fingerprint density at radius 2 is 1.90 bits per heavy atom. The van der Waals surface area contributed by atoms with E-state index in [4.69, 9.17) is 0 Å². The Morgan fingerprint density at radius 1 is 1.14 bits per heavy atom. The van der Waals surface area contributed by atoms with E-state index in [-0.39, 0.29) is 10.6 Å². The van der Waals surface area contributed by atoms with Crippen molar-refractivity contribution in [1.29, 1.82) is 0 Å². The molecule has 112 valence electrons. The lowest BCUT2D eigenvalue weighted by Crippen LogP contribution is -2.37. The number of non-ortho nitro benzene ring substituents is 1. The highest BCUT2D eigenvalue weighted by Gasteiger charge is 2.24. The molecule has 0 fully saturated rings. The van der Waals surface area contributed by atoms with Crippen molar-refractivity contribution in [2.75, 3.05) is 6.54 Å². The molecule has 1 aliphatic carbocycles. The summed E-state index contributed by atoms with van der Waals surface area (Å²) in [4.78, 5) is 10.3. The second kappa shape index (κ2) is 6.39. The first-order valence-corrected chi connectivity index (χ1v) is 7.91. The van der Waals surface area contributed by atoms with Crippen LogP contribution in [0.1, 0.15) is 44.1 Å². The normalized spacial score (nSPS) is 22.0. The highest BCUT2D eigenvalue weighted by Crippen LogP contribution is 2.32. The molecule has 0 saturated carbocycles. The van der Waals surface area contributed by atoms with Crippen molar-refractivity contribution in [3.63, 3.8) is 0 Å². The monoisotopic (exact) mass is 286 g/mol. The third kappa shape index (κ3) is 3.32. The SMILES string of the molecule is O=[N+]([O-])c1ccc(CCC2NCCC3=C2CCCC3)cc1. The van der Waals surface area contributed by atoms with E-state index in [1.807, 2.05) is 12.1 Å². The number of hydrogen-bond donors (Lipinski definition) is 1. The Kier molecular flexibility index (Phi) is 4.34. The molecule has 4 nitrogen and oxygen atoms in total. The van der Waals surface area contributed by atoms with Crippen LogP contribution in [0.4, 0.5) is 5.69 Å². The van der Waals surface area contributed by atoms with Gasteiger partial charge in [-0.25, -0.2) is 0 Å². The molecule has 1 atom stereocenters. The number of benzene rings is 1. The summed E-state index contributed by atoms with van der Waals surface area (Å²) in [6.45, 7) is 1.10. The summed E-state index contributed by atoms with van der Waals surface area (Å²) in [6, 6.07) is 7.50. The highest BCUT2D eigenvalue weighted by atomic mass is 16.6. The Balaban J connectivity index is 1.63.